The quantitative estimate of drug-likeness (QED) is 0.693. The van der Waals surface area contributed by atoms with Crippen molar-refractivity contribution in [3.63, 3.8) is 0 Å². The van der Waals surface area contributed by atoms with E-state index in [9.17, 15) is 4.39 Å². The maximum absolute atomic E-state index is 13.8. The van der Waals surface area contributed by atoms with Gasteiger partial charge in [-0.25, -0.2) is 4.39 Å². The Labute approximate surface area is 121 Å². The van der Waals surface area contributed by atoms with Gasteiger partial charge in [0.05, 0.1) is 13.7 Å². The van der Waals surface area contributed by atoms with E-state index in [2.05, 4.69) is 0 Å². The molecule has 2 aromatic carbocycles. The zero-order valence-corrected chi connectivity index (χ0v) is 11.7. The van der Waals surface area contributed by atoms with Gasteiger partial charge >= 0.3 is 0 Å². The Kier molecular flexibility index (Phi) is 3.36. The normalized spacial score (nSPS) is 10.9. The van der Waals surface area contributed by atoms with Crippen molar-refractivity contribution in [2.45, 2.75) is 6.54 Å². The average Bonchev–Trinajstić information content (AvgIpc) is 2.85. The van der Waals surface area contributed by atoms with E-state index >= 15 is 0 Å². The van der Waals surface area contributed by atoms with Crippen LogP contribution in [0.4, 0.5) is 4.39 Å². The summed E-state index contributed by atoms with van der Waals surface area (Å²) < 4.78 is 21.0. The second kappa shape index (κ2) is 5.17. The van der Waals surface area contributed by atoms with Crippen molar-refractivity contribution < 1.29 is 9.13 Å². The molecular formula is C16H13ClFNO. The van der Waals surface area contributed by atoms with E-state index in [0.717, 1.165) is 16.7 Å². The highest BCUT2D eigenvalue weighted by atomic mass is 35.5. The first-order valence-electron chi connectivity index (χ1n) is 6.24. The molecule has 102 valence electrons. The van der Waals surface area contributed by atoms with E-state index in [1.165, 1.54) is 6.07 Å². The molecule has 3 aromatic rings. The fourth-order valence-electron chi connectivity index (χ4n) is 2.29. The first-order valence-corrected chi connectivity index (χ1v) is 6.62. The minimum Gasteiger partial charge on any atom is -0.497 e. The smallest absolute Gasteiger partial charge is 0.128 e. The number of rotatable bonds is 3. The molecule has 2 nitrogen and oxygen atoms in total. The molecular weight excluding hydrogens is 277 g/mol. The summed E-state index contributed by atoms with van der Waals surface area (Å²) in [6, 6.07) is 12.4. The second-order valence-electron chi connectivity index (χ2n) is 4.60. The number of aromatic nitrogens is 1. The Balaban J connectivity index is 2.00. The predicted octanol–water partition coefficient (Wildman–Crippen LogP) is 4.49. The van der Waals surface area contributed by atoms with Crippen LogP contribution in [0.5, 0.6) is 5.75 Å². The monoisotopic (exact) mass is 289 g/mol. The van der Waals surface area contributed by atoms with Crippen LogP contribution in [0.25, 0.3) is 10.9 Å². The summed E-state index contributed by atoms with van der Waals surface area (Å²) >= 11 is 5.92. The largest absolute Gasteiger partial charge is 0.497 e. The van der Waals surface area contributed by atoms with Gasteiger partial charge in [0, 0.05) is 27.7 Å². The highest BCUT2D eigenvalue weighted by Gasteiger charge is 2.07. The maximum Gasteiger partial charge on any atom is 0.128 e. The van der Waals surface area contributed by atoms with Gasteiger partial charge in [-0.2, -0.15) is 0 Å². The molecule has 0 saturated carbocycles. The molecule has 0 aliphatic rings. The van der Waals surface area contributed by atoms with Gasteiger partial charge in [0.1, 0.15) is 11.6 Å². The van der Waals surface area contributed by atoms with Crippen LogP contribution in [-0.2, 0) is 6.54 Å². The molecule has 3 rings (SSSR count). The number of ether oxygens (including phenoxy) is 1. The first kappa shape index (κ1) is 13.0. The minimum atomic E-state index is -0.246. The number of hydrogen-bond acceptors (Lipinski definition) is 1. The van der Waals surface area contributed by atoms with Crippen molar-refractivity contribution in [1.29, 1.82) is 0 Å². The summed E-state index contributed by atoms with van der Waals surface area (Å²) in [4.78, 5) is 0. The lowest BCUT2D eigenvalue weighted by atomic mass is 10.2. The molecule has 0 radical (unpaired) electrons. The van der Waals surface area contributed by atoms with Gasteiger partial charge in [-0.1, -0.05) is 11.6 Å². The number of methoxy groups -OCH3 is 1. The van der Waals surface area contributed by atoms with Gasteiger partial charge < -0.3 is 9.30 Å². The van der Waals surface area contributed by atoms with Crippen molar-refractivity contribution in [2.24, 2.45) is 0 Å². The Hall–Kier alpha value is -2.00. The highest BCUT2D eigenvalue weighted by Crippen LogP contribution is 2.24. The third-order valence-corrected chi connectivity index (χ3v) is 3.56. The zero-order chi connectivity index (χ0) is 14.1. The summed E-state index contributed by atoms with van der Waals surface area (Å²) in [7, 11) is 1.64. The lowest BCUT2D eigenvalue weighted by Gasteiger charge is -2.08. The van der Waals surface area contributed by atoms with Gasteiger partial charge in [0.25, 0.3) is 0 Å². The summed E-state index contributed by atoms with van der Waals surface area (Å²) in [6.07, 6.45) is 1.93. The van der Waals surface area contributed by atoms with E-state index < -0.39 is 0 Å². The summed E-state index contributed by atoms with van der Waals surface area (Å²) in [5.41, 5.74) is 1.61. The number of hydrogen-bond donors (Lipinski definition) is 0. The van der Waals surface area contributed by atoms with Gasteiger partial charge in [-0.15, -0.1) is 0 Å². The second-order valence-corrected chi connectivity index (χ2v) is 5.04. The van der Waals surface area contributed by atoms with Crippen LogP contribution in [0, 0.1) is 5.82 Å². The van der Waals surface area contributed by atoms with E-state index in [-0.39, 0.29) is 5.82 Å². The summed E-state index contributed by atoms with van der Waals surface area (Å²) in [5, 5.41) is 1.60. The lowest BCUT2D eigenvalue weighted by molar-refractivity contribution is 0.415. The fourth-order valence-corrected chi connectivity index (χ4v) is 2.49. The van der Waals surface area contributed by atoms with Crippen LogP contribution >= 0.6 is 11.6 Å². The van der Waals surface area contributed by atoms with Gasteiger partial charge in [0.15, 0.2) is 0 Å². The molecule has 0 fully saturated rings. The van der Waals surface area contributed by atoms with Gasteiger partial charge in [-0.05, 0) is 42.5 Å². The van der Waals surface area contributed by atoms with Crippen molar-refractivity contribution in [3.05, 3.63) is 65.1 Å². The molecule has 0 saturated heterocycles. The number of nitrogens with zero attached hydrogens (tertiary/aromatic N) is 1. The van der Waals surface area contributed by atoms with E-state index in [4.69, 9.17) is 16.3 Å². The van der Waals surface area contributed by atoms with Gasteiger partial charge in [0.2, 0.25) is 0 Å². The molecule has 0 amide bonds. The van der Waals surface area contributed by atoms with Crippen LogP contribution in [0.1, 0.15) is 5.56 Å². The predicted molar refractivity (Wildman–Crippen MR) is 79.0 cm³/mol. The Morgan fingerprint density at radius 1 is 1.15 bits per heavy atom. The molecule has 0 atom stereocenters. The van der Waals surface area contributed by atoms with Crippen LogP contribution in [0.15, 0.2) is 48.7 Å². The van der Waals surface area contributed by atoms with E-state index in [0.29, 0.717) is 17.1 Å². The third-order valence-electron chi connectivity index (χ3n) is 3.33. The average molecular weight is 290 g/mol. The van der Waals surface area contributed by atoms with Crippen LogP contribution < -0.4 is 4.74 Å². The van der Waals surface area contributed by atoms with Crippen molar-refractivity contribution >= 4 is 22.5 Å². The molecule has 0 spiro atoms. The molecule has 0 unspecified atom stereocenters. The fraction of sp³-hybridized carbons (Fsp3) is 0.125. The topological polar surface area (TPSA) is 14.2 Å². The molecule has 0 bridgehead atoms. The van der Waals surface area contributed by atoms with Crippen LogP contribution in [0.2, 0.25) is 5.02 Å². The van der Waals surface area contributed by atoms with Crippen molar-refractivity contribution in [3.8, 4) is 5.75 Å². The standard InChI is InChI=1S/C16H13ClFNO/c1-20-14-3-5-16-11(9-14)6-7-19(16)10-12-8-13(17)2-4-15(12)18/h2-9H,10H2,1H3. The first-order chi connectivity index (χ1) is 9.67. The maximum atomic E-state index is 13.8. The molecule has 0 aliphatic heterocycles. The van der Waals surface area contributed by atoms with E-state index in [1.54, 1.807) is 19.2 Å². The molecule has 0 aliphatic carbocycles. The molecule has 1 heterocycles. The number of halogens is 2. The molecule has 0 N–H and O–H groups in total. The van der Waals surface area contributed by atoms with E-state index in [1.807, 2.05) is 35.0 Å². The summed E-state index contributed by atoms with van der Waals surface area (Å²) in [6.45, 7) is 0.447. The Bertz CT molecular complexity index is 766. The van der Waals surface area contributed by atoms with Gasteiger partial charge in [-0.3, -0.25) is 0 Å². The third kappa shape index (κ3) is 2.37. The minimum absolute atomic E-state index is 0.246. The molecule has 1 aromatic heterocycles. The molecule has 20 heavy (non-hydrogen) atoms. The lowest BCUT2D eigenvalue weighted by Crippen LogP contribution is -2.00. The highest BCUT2D eigenvalue weighted by molar-refractivity contribution is 6.30. The van der Waals surface area contributed by atoms with Crippen LogP contribution in [-0.4, -0.2) is 11.7 Å². The summed E-state index contributed by atoms with van der Waals surface area (Å²) in [5.74, 6) is 0.564. The van der Waals surface area contributed by atoms with Crippen LogP contribution in [0.3, 0.4) is 0 Å². The van der Waals surface area contributed by atoms with Crippen molar-refractivity contribution in [1.82, 2.24) is 4.57 Å². The Morgan fingerprint density at radius 2 is 2.00 bits per heavy atom. The SMILES string of the molecule is COc1ccc2c(ccn2Cc2cc(Cl)ccc2F)c1. The molecule has 4 heteroatoms. The van der Waals surface area contributed by atoms with Crippen molar-refractivity contribution in [2.75, 3.05) is 7.11 Å². The number of benzene rings is 2. The Morgan fingerprint density at radius 3 is 2.80 bits per heavy atom. The number of fused-ring (bicyclic) bond motifs is 1. The zero-order valence-electron chi connectivity index (χ0n) is 10.9.